The Morgan fingerprint density at radius 2 is 1.75 bits per heavy atom. The van der Waals surface area contributed by atoms with Crippen molar-refractivity contribution in [2.24, 2.45) is 0 Å². The fraction of sp³-hybridized carbons (Fsp3) is 0.667. The van der Waals surface area contributed by atoms with Crippen molar-refractivity contribution in [3.05, 3.63) is 8.94 Å². The molecule has 0 saturated carbocycles. The molecule has 0 nitrogen and oxygen atoms in total. The molecule has 0 bridgehead atoms. The van der Waals surface area contributed by atoms with Crippen molar-refractivity contribution in [3.63, 3.8) is 0 Å². The van der Waals surface area contributed by atoms with Crippen molar-refractivity contribution in [1.82, 2.24) is 0 Å². The van der Waals surface area contributed by atoms with Crippen LogP contribution in [0.25, 0.3) is 0 Å². The van der Waals surface area contributed by atoms with Gasteiger partial charge in [0.05, 0.1) is 0 Å². The molecule has 0 aromatic heterocycles. The summed E-state index contributed by atoms with van der Waals surface area (Å²) in [5, 5.41) is 3.04. The van der Waals surface area contributed by atoms with Crippen LogP contribution in [0.2, 0.25) is 10.6 Å². The fourth-order valence-corrected chi connectivity index (χ4v) is 7.66. The molecule has 2 heteroatoms. The Hall–Kier alpha value is 0.779. The monoisotopic (exact) mass is 242 g/mol. The summed E-state index contributed by atoms with van der Waals surface area (Å²) in [6.07, 6.45) is 0. The first kappa shape index (κ1) is 6.89. The zero-order valence-corrected chi connectivity index (χ0v) is 8.66. The van der Waals surface area contributed by atoms with Gasteiger partial charge in [-0.2, -0.15) is 0 Å². The van der Waals surface area contributed by atoms with Crippen LogP contribution in [0, 0.1) is 0 Å². The second kappa shape index (κ2) is 3.08. The SMILES string of the molecule is CC(C)=C1[Se]CC[Se]1. The molecule has 8 heavy (non-hydrogen) atoms. The molecule has 1 fully saturated rings. The number of hydrogen-bond donors (Lipinski definition) is 0. The molecule has 0 atom stereocenters. The topological polar surface area (TPSA) is 0 Å². The van der Waals surface area contributed by atoms with E-state index in [0.717, 1.165) is 29.9 Å². The Labute approximate surface area is 63.4 Å². The van der Waals surface area contributed by atoms with E-state index in [0.29, 0.717) is 0 Å². The summed E-state index contributed by atoms with van der Waals surface area (Å²) < 4.78 is 1.84. The maximum absolute atomic E-state index is 2.25. The van der Waals surface area contributed by atoms with Crippen molar-refractivity contribution >= 4 is 29.9 Å². The molecule has 0 amide bonds. The van der Waals surface area contributed by atoms with Crippen molar-refractivity contribution in [3.8, 4) is 0 Å². The Balaban J connectivity index is 2.58. The fourth-order valence-electron chi connectivity index (χ4n) is 0.599. The zero-order chi connectivity index (χ0) is 5.98. The van der Waals surface area contributed by atoms with E-state index in [-0.39, 0.29) is 0 Å². The van der Waals surface area contributed by atoms with E-state index in [9.17, 15) is 0 Å². The molecule has 1 rings (SSSR count). The third kappa shape index (κ3) is 1.63. The summed E-state index contributed by atoms with van der Waals surface area (Å²) in [6, 6.07) is 0. The Morgan fingerprint density at radius 3 is 2.00 bits per heavy atom. The van der Waals surface area contributed by atoms with E-state index >= 15 is 0 Å². The van der Waals surface area contributed by atoms with Crippen LogP contribution in [0.15, 0.2) is 8.94 Å². The van der Waals surface area contributed by atoms with Crippen LogP contribution in [0.1, 0.15) is 13.8 Å². The molecule has 0 aromatic carbocycles. The maximum atomic E-state index is 2.25. The van der Waals surface area contributed by atoms with Crippen LogP contribution >= 0.6 is 0 Å². The van der Waals surface area contributed by atoms with E-state index in [1.54, 1.807) is 5.57 Å². The van der Waals surface area contributed by atoms with Crippen LogP contribution < -0.4 is 0 Å². The first-order valence-electron chi connectivity index (χ1n) is 2.74. The molecule has 1 aliphatic rings. The van der Waals surface area contributed by atoms with Gasteiger partial charge < -0.3 is 0 Å². The third-order valence-electron chi connectivity index (χ3n) is 0.958. The minimum absolute atomic E-state index is 0.916. The van der Waals surface area contributed by atoms with Gasteiger partial charge in [-0.05, 0) is 0 Å². The van der Waals surface area contributed by atoms with Gasteiger partial charge in [0.1, 0.15) is 0 Å². The molecule has 1 aliphatic heterocycles. The summed E-state index contributed by atoms with van der Waals surface area (Å²) in [4.78, 5) is 0. The van der Waals surface area contributed by atoms with Gasteiger partial charge in [0, 0.05) is 0 Å². The van der Waals surface area contributed by atoms with Gasteiger partial charge in [0.15, 0.2) is 0 Å². The van der Waals surface area contributed by atoms with Crippen LogP contribution in [0.4, 0.5) is 0 Å². The summed E-state index contributed by atoms with van der Waals surface area (Å²) >= 11 is 1.83. The first-order chi connectivity index (χ1) is 3.80. The van der Waals surface area contributed by atoms with E-state index < -0.39 is 0 Å². The van der Waals surface area contributed by atoms with Crippen LogP contribution in [-0.2, 0) is 0 Å². The third-order valence-corrected chi connectivity index (χ3v) is 9.36. The minimum atomic E-state index is 0.916. The second-order valence-corrected chi connectivity index (χ2v) is 7.93. The molecule has 1 heterocycles. The molecule has 0 radical (unpaired) electrons. The second-order valence-electron chi connectivity index (χ2n) is 1.98. The van der Waals surface area contributed by atoms with E-state index in [2.05, 4.69) is 13.8 Å². The van der Waals surface area contributed by atoms with E-state index in [4.69, 9.17) is 0 Å². The molecule has 1 saturated heterocycles. The standard InChI is InChI=1S/C6H10Se2/c1-5(2)6-7-3-4-8-6/h3-4H2,1-2H3. The summed E-state index contributed by atoms with van der Waals surface area (Å²) in [5.74, 6) is 0. The Morgan fingerprint density at radius 1 is 1.25 bits per heavy atom. The summed E-state index contributed by atoms with van der Waals surface area (Å²) in [5.41, 5.74) is 1.61. The van der Waals surface area contributed by atoms with E-state index in [1.165, 1.54) is 10.6 Å². The molecule has 0 aromatic rings. The predicted molar refractivity (Wildman–Crippen MR) is 39.5 cm³/mol. The first-order valence-corrected chi connectivity index (χ1v) is 6.87. The normalized spacial score (nSPS) is 19.5. The van der Waals surface area contributed by atoms with Gasteiger partial charge in [-0.1, -0.05) is 0 Å². The summed E-state index contributed by atoms with van der Waals surface area (Å²) in [6.45, 7) is 4.51. The van der Waals surface area contributed by atoms with Gasteiger partial charge in [0.2, 0.25) is 0 Å². The Bertz CT molecular complexity index is 104. The quantitative estimate of drug-likeness (QED) is 0.563. The van der Waals surface area contributed by atoms with Crippen molar-refractivity contribution in [2.75, 3.05) is 0 Å². The molecular weight excluding hydrogens is 230 g/mol. The molecule has 46 valence electrons. The van der Waals surface area contributed by atoms with E-state index in [1.807, 2.05) is 3.37 Å². The molecule has 0 unspecified atom stereocenters. The number of hydrogen-bond acceptors (Lipinski definition) is 0. The average Bonchev–Trinajstić information content (AvgIpc) is 2.12. The number of rotatable bonds is 0. The Kier molecular flexibility index (Phi) is 2.65. The molecule has 0 aliphatic carbocycles. The van der Waals surface area contributed by atoms with Crippen LogP contribution in [0.5, 0.6) is 0 Å². The van der Waals surface area contributed by atoms with Gasteiger partial charge in [0.25, 0.3) is 0 Å². The van der Waals surface area contributed by atoms with Crippen molar-refractivity contribution in [2.45, 2.75) is 24.5 Å². The van der Waals surface area contributed by atoms with Crippen LogP contribution in [0.3, 0.4) is 0 Å². The number of allylic oxidation sites excluding steroid dienone is 1. The molecular formula is C6H10Se2. The summed E-state index contributed by atoms with van der Waals surface area (Å²) in [7, 11) is 0. The zero-order valence-electron chi connectivity index (χ0n) is 5.23. The van der Waals surface area contributed by atoms with Gasteiger partial charge >= 0.3 is 63.3 Å². The van der Waals surface area contributed by atoms with Crippen molar-refractivity contribution < 1.29 is 0 Å². The van der Waals surface area contributed by atoms with Gasteiger partial charge in [-0.25, -0.2) is 0 Å². The average molecular weight is 240 g/mol. The van der Waals surface area contributed by atoms with Gasteiger partial charge in [-0.3, -0.25) is 0 Å². The predicted octanol–water partition coefficient (Wildman–Crippen LogP) is 1.50. The molecule has 0 spiro atoms. The molecule has 0 N–H and O–H groups in total. The van der Waals surface area contributed by atoms with Gasteiger partial charge in [-0.15, -0.1) is 0 Å². The van der Waals surface area contributed by atoms with Crippen molar-refractivity contribution in [1.29, 1.82) is 0 Å². The van der Waals surface area contributed by atoms with Crippen LogP contribution in [-0.4, -0.2) is 29.9 Å².